The zero-order chi connectivity index (χ0) is 27.0. The van der Waals surface area contributed by atoms with Crippen LogP contribution in [-0.4, -0.2) is 59.6 Å². The molecule has 3 aromatic rings. The Morgan fingerprint density at radius 3 is 2.51 bits per heavy atom. The average molecular weight is 547 g/mol. The molecule has 3 fully saturated rings. The number of rotatable bonds is 6. The van der Waals surface area contributed by atoms with Gasteiger partial charge in [0, 0.05) is 42.4 Å². The molecule has 11 heteroatoms. The second kappa shape index (κ2) is 10.1. The van der Waals surface area contributed by atoms with Crippen molar-refractivity contribution >= 4 is 21.4 Å². The molecule has 6 rings (SSSR count). The summed E-state index contributed by atoms with van der Waals surface area (Å²) in [6.07, 6.45) is 6.36. The molecular formula is C28H30N6O4S. The number of hydrogen-bond donors (Lipinski definition) is 1. The largest absolute Gasteiger partial charge is 0.439 e. The molecule has 2 saturated carbocycles. The zero-order valence-electron chi connectivity index (χ0n) is 21.5. The van der Waals surface area contributed by atoms with Crippen molar-refractivity contribution in [2.75, 3.05) is 29.5 Å². The fraction of sp³-hybridized carbons (Fsp3) is 0.464. The number of amides is 1. The number of oxazole rings is 1. The summed E-state index contributed by atoms with van der Waals surface area (Å²) in [5.41, 5.74) is 2.24. The van der Waals surface area contributed by atoms with Crippen LogP contribution >= 0.6 is 0 Å². The lowest BCUT2D eigenvalue weighted by Crippen LogP contribution is -2.42. The normalized spacial score (nSPS) is 23.5. The molecule has 1 aromatic carbocycles. The van der Waals surface area contributed by atoms with Gasteiger partial charge in [0.1, 0.15) is 22.7 Å². The van der Waals surface area contributed by atoms with Gasteiger partial charge in [0.05, 0.1) is 17.6 Å². The van der Waals surface area contributed by atoms with E-state index in [0.29, 0.717) is 49.0 Å². The highest BCUT2D eigenvalue weighted by Crippen LogP contribution is 2.44. The number of carbonyl (C=O) groups is 1. The van der Waals surface area contributed by atoms with E-state index in [1.165, 1.54) is 0 Å². The quantitative estimate of drug-likeness (QED) is 0.492. The number of benzene rings is 1. The van der Waals surface area contributed by atoms with Crippen molar-refractivity contribution < 1.29 is 17.6 Å². The highest BCUT2D eigenvalue weighted by atomic mass is 32.2. The van der Waals surface area contributed by atoms with Crippen molar-refractivity contribution in [3.05, 3.63) is 48.4 Å². The molecule has 202 valence electrons. The van der Waals surface area contributed by atoms with Crippen LogP contribution in [0.15, 0.2) is 47.0 Å². The number of aromatic nitrogens is 3. The molecule has 2 aliphatic carbocycles. The first-order valence-electron chi connectivity index (χ1n) is 13.4. The minimum Gasteiger partial charge on any atom is -0.439 e. The third-order valence-corrected chi connectivity index (χ3v) is 9.67. The summed E-state index contributed by atoms with van der Waals surface area (Å²) < 4.78 is 30.1. The Bertz CT molecular complexity index is 1500. The van der Waals surface area contributed by atoms with Gasteiger partial charge in [0.2, 0.25) is 11.8 Å². The van der Waals surface area contributed by atoms with Gasteiger partial charge in [-0.05, 0) is 49.9 Å². The Labute approximate surface area is 227 Å². The topological polar surface area (TPSA) is 142 Å². The first-order valence-corrected chi connectivity index (χ1v) is 15.3. The molecule has 1 saturated heterocycles. The van der Waals surface area contributed by atoms with Gasteiger partial charge in [-0.1, -0.05) is 25.0 Å². The maximum absolute atomic E-state index is 13.4. The average Bonchev–Trinajstić information content (AvgIpc) is 3.60. The van der Waals surface area contributed by atoms with Gasteiger partial charge in [-0.15, -0.1) is 5.10 Å². The molecule has 0 spiro atoms. The van der Waals surface area contributed by atoms with Crippen LogP contribution in [-0.2, 0) is 14.6 Å². The third-order valence-electron chi connectivity index (χ3n) is 8.06. The molecule has 0 unspecified atom stereocenters. The van der Waals surface area contributed by atoms with E-state index in [9.17, 15) is 18.5 Å². The van der Waals surface area contributed by atoms with Crippen LogP contribution in [0.1, 0.15) is 50.2 Å². The summed E-state index contributed by atoms with van der Waals surface area (Å²) in [4.78, 5) is 20.3. The Kier molecular flexibility index (Phi) is 6.59. The van der Waals surface area contributed by atoms with Gasteiger partial charge in [-0.3, -0.25) is 4.79 Å². The predicted octanol–water partition coefficient (Wildman–Crippen LogP) is 3.48. The van der Waals surface area contributed by atoms with Crippen molar-refractivity contribution in [2.45, 2.75) is 50.0 Å². The Hall–Kier alpha value is -3.78. The smallest absolute Gasteiger partial charge is 0.247 e. The fourth-order valence-electron chi connectivity index (χ4n) is 5.59. The third kappa shape index (κ3) is 5.26. The van der Waals surface area contributed by atoms with Crippen LogP contribution < -0.4 is 10.2 Å². The number of carbonyl (C=O) groups excluding carboxylic acids is 1. The Morgan fingerprint density at radius 2 is 1.85 bits per heavy atom. The van der Waals surface area contributed by atoms with Crippen LogP contribution in [0.5, 0.6) is 0 Å². The molecule has 3 aliphatic rings. The number of anilines is 1. The summed E-state index contributed by atoms with van der Waals surface area (Å²) in [5, 5.41) is 20.7. The second-order valence-electron chi connectivity index (χ2n) is 10.7. The second-order valence-corrected chi connectivity index (χ2v) is 13.0. The lowest BCUT2D eigenvalue weighted by atomic mass is 9.76. The Balaban J connectivity index is 1.34. The SMILES string of the molecule is N#CC1(NC(=O)[C@@H]2CCCC[C@H]2c2oc(-c3cccnn3)nc2-c2ccc(N3CCS(=O)(=O)CC3)cc2)CC1. The number of nitrogens with zero attached hydrogens (tertiary/aromatic N) is 5. The Morgan fingerprint density at radius 1 is 1.10 bits per heavy atom. The lowest BCUT2D eigenvalue weighted by Gasteiger charge is -2.30. The van der Waals surface area contributed by atoms with E-state index in [2.05, 4.69) is 26.5 Å². The summed E-state index contributed by atoms with van der Waals surface area (Å²) in [5.74, 6) is 0.697. The predicted molar refractivity (Wildman–Crippen MR) is 144 cm³/mol. The van der Waals surface area contributed by atoms with E-state index in [1.54, 1.807) is 18.3 Å². The molecule has 1 aliphatic heterocycles. The monoisotopic (exact) mass is 546 g/mol. The molecule has 3 heterocycles. The maximum Gasteiger partial charge on any atom is 0.247 e. The molecule has 2 aromatic heterocycles. The van der Waals surface area contributed by atoms with Crippen molar-refractivity contribution in [3.8, 4) is 28.9 Å². The summed E-state index contributed by atoms with van der Waals surface area (Å²) in [7, 11) is -2.96. The highest BCUT2D eigenvalue weighted by Gasteiger charge is 2.47. The summed E-state index contributed by atoms with van der Waals surface area (Å²) >= 11 is 0. The fourth-order valence-corrected chi connectivity index (χ4v) is 6.79. The summed E-state index contributed by atoms with van der Waals surface area (Å²) in [6.45, 7) is 0.938. The van der Waals surface area contributed by atoms with Gasteiger partial charge >= 0.3 is 0 Å². The molecule has 2 atom stereocenters. The zero-order valence-corrected chi connectivity index (χ0v) is 22.4. The molecule has 10 nitrogen and oxygen atoms in total. The lowest BCUT2D eigenvalue weighted by molar-refractivity contribution is -0.127. The first-order chi connectivity index (χ1) is 18.9. The van der Waals surface area contributed by atoms with Gasteiger partial charge in [0.25, 0.3) is 0 Å². The number of hydrogen-bond acceptors (Lipinski definition) is 9. The van der Waals surface area contributed by atoms with Crippen LogP contribution in [0.25, 0.3) is 22.8 Å². The van der Waals surface area contributed by atoms with Crippen molar-refractivity contribution in [1.29, 1.82) is 5.26 Å². The number of nitriles is 1. The minimum atomic E-state index is -2.96. The number of nitrogens with one attached hydrogen (secondary N) is 1. The maximum atomic E-state index is 13.4. The van der Waals surface area contributed by atoms with Gasteiger partial charge in [-0.2, -0.15) is 10.4 Å². The van der Waals surface area contributed by atoms with E-state index in [1.807, 2.05) is 24.3 Å². The molecule has 0 radical (unpaired) electrons. The molecule has 1 amide bonds. The van der Waals surface area contributed by atoms with Crippen LogP contribution in [0, 0.1) is 17.2 Å². The molecule has 39 heavy (non-hydrogen) atoms. The van der Waals surface area contributed by atoms with Crippen molar-refractivity contribution in [2.24, 2.45) is 5.92 Å². The minimum absolute atomic E-state index is 0.0995. The first kappa shape index (κ1) is 25.5. The number of sulfone groups is 1. The van der Waals surface area contributed by atoms with Gasteiger partial charge in [-0.25, -0.2) is 13.4 Å². The summed E-state index contributed by atoms with van der Waals surface area (Å²) in [6, 6.07) is 13.7. The van der Waals surface area contributed by atoms with E-state index in [-0.39, 0.29) is 29.2 Å². The van der Waals surface area contributed by atoms with Crippen LogP contribution in [0.3, 0.4) is 0 Å². The van der Waals surface area contributed by atoms with Crippen molar-refractivity contribution in [3.63, 3.8) is 0 Å². The molecular weight excluding hydrogens is 516 g/mol. The highest BCUT2D eigenvalue weighted by molar-refractivity contribution is 7.91. The van der Waals surface area contributed by atoms with Gasteiger partial charge < -0.3 is 14.6 Å². The van der Waals surface area contributed by atoms with Crippen LogP contribution in [0.2, 0.25) is 0 Å². The van der Waals surface area contributed by atoms with Crippen LogP contribution in [0.4, 0.5) is 5.69 Å². The molecule has 1 N–H and O–H groups in total. The van der Waals surface area contributed by atoms with E-state index < -0.39 is 15.4 Å². The van der Waals surface area contributed by atoms with Crippen molar-refractivity contribution in [1.82, 2.24) is 20.5 Å². The molecule has 0 bridgehead atoms. The standard InChI is InChI=1S/C28H30N6O4S/c29-18-28(11-12-28)32-26(35)22-5-2-1-4-21(22)25-24(31-27(38-25)23-6-3-13-30-33-23)19-7-9-20(10-8-19)34-14-16-39(36,37)17-15-34/h3,6-10,13,21-22H,1-2,4-5,11-12,14-17H2,(H,32,35)/t21-,22-/m1/s1. The van der Waals surface area contributed by atoms with E-state index >= 15 is 0 Å². The van der Waals surface area contributed by atoms with E-state index in [0.717, 1.165) is 36.9 Å². The van der Waals surface area contributed by atoms with Gasteiger partial charge in [0.15, 0.2) is 9.84 Å². The van der Waals surface area contributed by atoms with E-state index in [4.69, 9.17) is 9.40 Å².